The Balaban J connectivity index is 1.76. The molecule has 0 unspecified atom stereocenters. The van der Waals surface area contributed by atoms with Crippen molar-refractivity contribution in [3.8, 4) is 0 Å². The minimum atomic E-state index is 0.393. The van der Waals surface area contributed by atoms with Crippen molar-refractivity contribution in [3.63, 3.8) is 0 Å². The van der Waals surface area contributed by atoms with Gasteiger partial charge in [-0.05, 0) is 54.3 Å². The summed E-state index contributed by atoms with van der Waals surface area (Å²) in [7, 11) is 0. The molecular weight excluding hydrogens is 220 g/mol. The SMILES string of the molecule is CC1(C)[C@@H](CN)[C@@H]1c1ccc(N2CCCC2)cc1. The topological polar surface area (TPSA) is 29.3 Å². The molecule has 1 saturated heterocycles. The van der Waals surface area contributed by atoms with E-state index in [9.17, 15) is 0 Å². The molecule has 2 heteroatoms. The first-order valence-corrected chi connectivity index (χ1v) is 7.19. The third kappa shape index (κ3) is 1.83. The molecule has 3 rings (SSSR count). The van der Waals surface area contributed by atoms with E-state index in [1.807, 2.05) is 0 Å². The Morgan fingerprint density at radius 2 is 1.78 bits per heavy atom. The van der Waals surface area contributed by atoms with Crippen molar-refractivity contribution in [1.82, 2.24) is 0 Å². The molecule has 1 saturated carbocycles. The first-order chi connectivity index (χ1) is 8.64. The summed E-state index contributed by atoms with van der Waals surface area (Å²) in [4.78, 5) is 2.49. The smallest absolute Gasteiger partial charge is 0.0366 e. The normalized spacial score (nSPS) is 29.6. The number of anilines is 1. The number of benzene rings is 1. The van der Waals surface area contributed by atoms with Gasteiger partial charge in [-0.1, -0.05) is 26.0 Å². The van der Waals surface area contributed by atoms with Crippen molar-refractivity contribution < 1.29 is 0 Å². The third-order valence-electron chi connectivity index (χ3n) is 5.03. The Kier molecular flexibility index (Phi) is 2.86. The average molecular weight is 244 g/mol. The highest BCUT2D eigenvalue weighted by Gasteiger charge is 2.57. The quantitative estimate of drug-likeness (QED) is 0.885. The lowest BCUT2D eigenvalue weighted by atomic mass is 10.0. The third-order valence-corrected chi connectivity index (χ3v) is 5.03. The Bertz CT molecular complexity index is 415. The lowest BCUT2D eigenvalue weighted by molar-refractivity contribution is 0.558. The maximum Gasteiger partial charge on any atom is 0.0366 e. The minimum Gasteiger partial charge on any atom is -0.372 e. The van der Waals surface area contributed by atoms with E-state index in [0.29, 0.717) is 17.3 Å². The van der Waals surface area contributed by atoms with E-state index >= 15 is 0 Å². The monoisotopic (exact) mass is 244 g/mol. The molecule has 2 atom stereocenters. The van der Waals surface area contributed by atoms with Crippen LogP contribution in [-0.2, 0) is 0 Å². The lowest BCUT2D eigenvalue weighted by Gasteiger charge is -2.17. The van der Waals surface area contributed by atoms with Crippen LogP contribution >= 0.6 is 0 Å². The number of nitrogens with zero attached hydrogens (tertiary/aromatic N) is 1. The summed E-state index contributed by atoms with van der Waals surface area (Å²) in [5.74, 6) is 1.32. The zero-order valence-electron chi connectivity index (χ0n) is 11.5. The lowest BCUT2D eigenvalue weighted by Crippen LogP contribution is -2.17. The van der Waals surface area contributed by atoms with Crippen LogP contribution in [0.4, 0.5) is 5.69 Å². The van der Waals surface area contributed by atoms with Gasteiger partial charge in [0.1, 0.15) is 0 Å². The highest BCUT2D eigenvalue weighted by atomic mass is 15.1. The minimum absolute atomic E-state index is 0.393. The van der Waals surface area contributed by atoms with Gasteiger partial charge in [-0.3, -0.25) is 0 Å². The highest BCUT2D eigenvalue weighted by molar-refractivity contribution is 5.50. The fraction of sp³-hybridized carbons (Fsp3) is 0.625. The van der Waals surface area contributed by atoms with E-state index in [1.54, 1.807) is 0 Å². The molecular formula is C16H24N2. The maximum absolute atomic E-state index is 5.86. The molecule has 0 aromatic heterocycles. The summed E-state index contributed by atoms with van der Waals surface area (Å²) >= 11 is 0. The Labute approximate surface area is 110 Å². The highest BCUT2D eigenvalue weighted by Crippen LogP contribution is 2.63. The summed E-state index contributed by atoms with van der Waals surface area (Å²) in [5.41, 5.74) is 9.11. The molecule has 0 bridgehead atoms. The van der Waals surface area contributed by atoms with Crippen molar-refractivity contribution in [2.75, 3.05) is 24.5 Å². The second kappa shape index (κ2) is 4.27. The molecule has 0 spiro atoms. The number of rotatable bonds is 3. The summed E-state index contributed by atoms with van der Waals surface area (Å²) in [6, 6.07) is 9.22. The average Bonchev–Trinajstić information content (AvgIpc) is 2.77. The van der Waals surface area contributed by atoms with Crippen LogP contribution in [0.5, 0.6) is 0 Å². The molecule has 2 nitrogen and oxygen atoms in total. The van der Waals surface area contributed by atoms with Crippen LogP contribution in [0.3, 0.4) is 0 Å². The summed E-state index contributed by atoms with van der Waals surface area (Å²) < 4.78 is 0. The van der Waals surface area contributed by atoms with Gasteiger partial charge in [0.05, 0.1) is 0 Å². The second-order valence-corrected chi connectivity index (χ2v) is 6.43. The van der Waals surface area contributed by atoms with Gasteiger partial charge in [0.2, 0.25) is 0 Å². The van der Waals surface area contributed by atoms with Gasteiger partial charge >= 0.3 is 0 Å². The van der Waals surface area contributed by atoms with E-state index in [1.165, 1.54) is 37.2 Å². The molecule has 2 N–H and O–H groups in total. The Morgan fingerprint density at radius 3 is 2.28 bits per heavy atom. The van der Waals surface area contributed by atoms with Crippen molar-refractivity contribution in [3.05, 3.63) is 29.8 Å². The number of hydrogen-bond donors (Lipinski definition) is 1. The largest absolute Gasteiger partial charge is 0.372 e. The van der Waals surface area contributed by atoms with Gasteiger partial charge in [0.15, 0.2) is 0 Å². The van der Waals surface area contributed by atoms with E-state index in [-0.39, 0.29) is 0 Å². The van der Waals surface area contributed by atoms with Crippen LogP contribution in [0.15, 0.2) is 24.3 Å². The molecule has 1 aromatic rings. The summed E-state index contributed by atoms with van der Waals surface area (Å²) in [6.45, 7) is 7.93. The van der Waals surface area contributed by atoms with Gasteiger partial charge < -0.3 is 10.6 Å². The van der Waals surface area contributed by atoms with Crippen LogP contribution in [-0.4, -0.2) is 19.6 Å². The first kappa shape index (κ1) is 12.0. The Morgan fingerprint density at radius 1 is 1.17 bits per heavy atom. The van der Waals surface area contributed by atoms with Crippen molar-refractivity contribution in [2.45, 2.75) is 32.6 Å². The van der Waals surface area contributed by atoms with E-state index in [0.717, 1.165) is 6.54 Å². The molecule has 98 valence electrons. The van der Waals surface area contributed by atoms with Crippen LogP contribution in [0.1, 0.15) is 38.2 Å². The predicted octanol–water partition coefficient (Wildman–Crippen LogP) is 2.99. The van der Waals surface area contributed by atoms with E-state index in [4.69, 9.17) is 5.73 Å². The molecule has 2 fully saturated rings. The maximum atomic E-state index is 5.86. The van der Waals surface area contributed by atoms with Crippen molar-refractivity contribution in [2.24, 2.45) is 17.1 Å². The molecule has 1 aliphatic carbocycles. The van der Waals surface area contributed by atoms with E-state index in [2.05, 4.69) is 43.0 Å². The number of hydrogen-bond acceptors (Lipinski definition) is 2. The molecule has 0 amide bonds. The van der Waals surface area contributed by atoms with Crippen LogP contribution in [0.25, 0.3) is 0 Å². The van der Waals surface area contributed by atoms with Crippen molar-refractivity contribution >= 4 is 5.69 Å². The van der Waals surface area contributed by atoms with Crippen LogP contribution in [0.2, 0.25) is 0 Å². The van der Waals surface area contributed by atoms with Gasteiger partial charge in [-0.2, -0.15) is 0 Å². The van der Waals surface area contributed by atoms with Crippen LogP contribution in [0, 0.1) is 11.3 Å². The molecule has 1 heterocycles. The molecule has 1 aliphatic heterocycles. The molecule has 0 radical (unpaired) electrons. The fourth-order valence-electron chi connectivity index (χ4n) is 3.71. The summed E-state index contributed by atoms with van der Waals surface area (Å²) in [5, 5.41) is 0. The van der Waals surface area contributed by atoms with Gasteiger partial charge in [0.25, 0.3) is 0 Å². The van der Waals surface area contributed by atoms with E-state index < -0.39 is 0 Å². The molecule has 2 aliphatic rings. The fourth-order valence-corrected chi connectivity index (χ4v) is 3.71. The van der Waals surface area contributed by atoms with Crippen molar-refractivity contribution in [1.29, 1.82) is 0 Å². The predicted molar refractivity (Wildman–Crippen MR) is 77.0 cm³/mol. The zero-order chi connectivity index (χ0) is 12.8. The second-order valence-electron chi connectivity index (χ2n) is 6.43. The standard InChI is InChI=1S/C16H24N2/c1-16(2)14(11-17)15(16)12-5-7-13(8-6-12)18-9-3-4-10-18/h5-8,14-15H,3-4,9-11,17H2,1-2H3/t14-,15-/m0/s1. The van der Waals surface area contributed by atoms with Crippen LogP contribution < -0.4 is 10.6 Å². The zero-order valence-corrected chi connectivity index (χ0v) is 11.5. The first-order valence-electron chi connectivity index (χ1n) is 7.19. The molecule has 1 aromatic carbocycles. The molecule has 18 heavy (non-hydrogen) atoms. The Hall–Kier alpha value is -1.02. The van der Waals surface area contributed by atoms with Gasteiger partial charge in [0, 0.05) is 18.8 Å². The van der Waals surface area contributed by atoms with Gasteiger partial charge in [-0.15, -0.1) is 0 Å². The van der Waals surface area contributed by atoms with Gasteiger partial charge in [-0.25, -0.2) is 0 Å². The number of nitrogens with two attached hydrogens (primary N) is 1. The summed E-state index contributed by atoms with van der Waals surface area (Å²) in [6.07, 6.45) is 2.68.